The number of rotatable bonds is 6. The van der Waals surface area contributed by atoms with Crippen LogP contribution < -0.4 is 5.32 Å². The van der Waals surface area contributed by atoms with Gasteiger partial charge in [0.05, 0.1) is 37.3 Å². The predicted octanol–water partition coefficient (Wildman–Crippen LogP) is 2.81. The van der Waals surface area contributed by atoms with Gasteiger partial charge in [-0.2, -0.15) is 0 Å². The first kappa shape index (κ1) is 22.0. The van der Waals surface area contributed by atoms with Crippen molar-refractivity contribution in [3.8, 4) is 0 Å². The minimum Gasteiger partial charge on any atom is -0.465 e. The summed E-state index contributed by atoms with van der Waals surface area (Å²) in [6.07, 6.45) is 0.0869. The van der Waals surface area contributed by atoms with E-state index < -0.39 is 17.9 Å². The van der Waals surface area contributed by atoms with Crippen molar-refractivity contribution in [2.45, 2.75) is 19.4 Å². The molecule has 1 heterocycles. The van der Waals surface area contributed by atoms with E-state index >= 15 is 0 Å². The molecule has 8 heteroatoms. The smallest absolute Gasteiger partial charge is 0.337 e. The molecule has 1 saturated heterocycles. The van der Waals surface area contributed by atoms with E-state index in [-0.39, 0.29) is 47.6 Å². The zero-order valence-electron chi connectivity index (χ0n) is 17.6. The molecule has 162 valence electrons. The lowest BCUT2D eigenvalue weighted by Gasteiger charge is -2.25. The van der Waals surface area contributed by atoms with Gasteiger partial charge < -0.3 is 19.7 Å². The Morgan fingerprint density at radius 2 is 1.58 bits per heavy atom. The Labute approximate surface area is 180 Å². The average Bonchev–Trinajstić information content (AvgIpc) is 3.19. The maximum Gasteiger partial charge on any atom is 0.337 e. The van der Waals surface area contributed by atoms with E-state index in [9.17, 15) is 19.2 Å². The van der Waals surface area contributed by atoms with Gasteiger partial charge in [0.2, 0.25) is 11.8 Å². The van der Waals surface area contributed by atoms with Gasteiger partial charge in [-0.3, -0.25) is 9.59 Å². The molecule has 0 saturated carbocycles. The Balaban J connectivity index is 1.76. The second kappa shape index (κ2) is 9.42. The Morgan fingerprint density at radius 3 is 2.13 bits per heavy atom. The standard InChI is InChI=1S/C23H24N2O6/c1-14(15-7-5-4-6-8-15)25-13-18(12-20(25)26)21(27)24-19-10-16(22(28)30-2)9-17(11-19)23(29)31-3/h4-11,14,18H,12-13H2,1-3H3,(H,24,27)/t14-,18-/m1/s1. The first-order valence-corrected chi connectivity index (χ1v) is 9.81. The summed E-state index contributed by atoms with van der Waals surface area (Å²) >= 11 is 0. The number of carbonyl (C=O) groups excluding carboxylic acids is 4. The van der Waals surface area contributed by atoms with E-state index in [0.717, 1.165) is 5.56 Å². The van der Waals surface area contributed by atoms with Crippen molar-refractivity contribution in [1.29, 1.82) is 0 Å². The van der Waals surface area contributed by atoms with Crippen molar-refractivity contribution in [1.82, 2.24) is 4.90 Å². The molecule has 0 spiro atoms. The second-order valence-electron chi connectivity index (χ2n) is 7.31. The third kappa shape index (κ3) is 4.91. The highest BCUT2D eigenvalue weighted by atomic mass is 16.5. The number of benzene rings is 2. The van der Waals surface area contributed by atoms with Crippen LogP contribution in [0.1, 0.15) is 45.7 Å². The second-order valence-corrected chi connectivity index (χ2v) is 7.31. The van der Waals surface area contributed by atoms with E-state index in [0.29, 0.717) is 0 Å². The van der Waals surface area contributed by atoms with Gasteiger partial charge in [0.25, 0.3) is 0 Å². The maximum absolute atomic E-state index is 12.8. The van der Waals surface area contributed by atoms with Gasteiger partial charge in [-0.1, -0.05) is 30.3 Å². The zero-order valence-corrected chi connectivity index (χ0v) is 17.6. The van der Waals surface area contributed by atoms with Gasteiger partial charge >= 0.3 is 11.9 Å². The summed E-state index contributed by atoms with van der Waals surface area (Å²) in [5.74, 6) is -2.33. The van der Waals surface area contributed by atoms with Crippen LogP contribution in [0.5, 0.6) is 0 Å². The predicted molar refractivity (Wildman–Crippen MR) is 112 cm³/mol. The van der Waals surface area contributed by atoms with Crippen LogP contribution in [0, 0.1) is 5.92 Å². The minimum atomic E-state index is -0.653. The Morgan fingerprint density at radius 1 is 1.00 bits per heavy atom. The van der Waals surface area contributed by atoms with Gasteiger partial charge in [0.15, 0.2) is 0 Å². The normalized spacial score (nSPS) is 16.5. The summed E-state index contributed by atoms with van der Waals surface area (Å²) < 4.78 is 9.41. The number of esters is 2. The van der Waals surface area contributed by atoms with Crippen LogP contribution in [0.2, 0.25) is 0 Å². The molecule has 31 heavy (non-hydrogen) atoms. The fraction of sp³-hybridized carbons (Fsp3) is 0.304. The van der Waals surface area contributed by atoms with Crippen molar-refractivity contribution < 1.29 is 28.7 Å². The van der Waals surface area contributed by atoms with Gasteiger partial charge in [0, 0.05) is 18.7 Å². The Kier molecular flexibility index (Phi) is 6.69. The van der Waals surface area contributed by atoms with Crippen molar-refractivity contribution >= 4 is 29.4 Å². The number of hydrogen-bond acceptors (Lipinski definition) is 6. The monoisotopic (exact) mass is 424 g/mol. The van der Waals surface area contributed by atoms with Crippen LogP contribution >= 0.6 is 0 Å². The van der Waals surface area contributed by atoms with Gasteiger partial charge in [-0.25, -0.2) is 9.59 Å². The molecule has 3 rings (SSSR count). The average molecular weight is 424 g/mol. The molecule has 2 aromatic rings. The van der Waals surface area contributed by atoms with E-state index in [4.69, 9.17) is 9.47 Å². The molecule has 0 bridgehead atoms. The summed E-state index contributed by atoms with van der Waals surface area (Å²) in [5.41, 5.74) is 1.44. The number of likely N-dealkylation sites (tertiary alicyclic amines) is 1. The molecule has 0 aliphatic carbocycles. The fourth-order valence-corrected chi connectivity index (χ4v) is 3.61. The first-order chi connectivity index (χ1) is 14.8. The highest BCUT2D eigenvalue weighted by molar-refractivity contribution is 6.01. The number of ether oxygens (including phenoxy) is 2. The fourth-order valence-electron chi connectivity index (χ4n) is 3.61. The molecule has 2 amide bonds. The highest BCUT2D eigenvalue weighted by Crippen LogP contribution is 2.29. The zero-order chi connectivity index (χ0) is 22.5. The van der Waals surface area contributed by atoms with E-state index in [1.807, 2.05) is 37.3 Å². The van der Waals surface area contributed by atoms with Crippen LogP contribution in [-0.4, -0.2) is 49.4 Å². The van der Waals surface area contributed by atoms with Crippen LogP contribution in [0.3, 0.4) is 0 Å². The minimum absolute atomic E-state index is 0.0869. The number of nitrogens with zero attached hydrogens (tertiary/aromatic N) is 1. The van der Waals surface area contributed by atoms with Crippen molar-refractivity contribution in [3.63, 3.8) is 0 Å². The SMILES string of the molecule is COC(=O)c1cc(NC(=O)[C@@H]2CC(=O)N([C@H](C)c3ccccc3)C2)cc(C(=O)OC)c1. The molecule has 1 aliphatic heterocycles. The molecule has 0 aromatic heterocycles. The number of nitrogens with one attached hydrogen (secondary N) is 1. The van der Waals surface area contributed by atoms with Crippen LogP contribution in [-0.2, 0) is 19.1 Å². The lowest BCUT2D eigenvalue weighted by atomic mass is 10.1. The maximum atomic E-state index is 12.8. The number of methoxy groups -OCH3 is 2. The number of hydrogen-bond donors (Lipinski definition) is 1. The summed E-state index contributed by atoms with van der Waals surface area (Å²) in [6.45, 7) is 2.21. The summed E-state index contributed by atoms with van der Waals surface area (Å²) in [5, 5.41) is 2.71. The number of amides is 2. The summed E-state index contributed by atoms with van der Waals surface area (Å²) in [6, 6.07) is 13.6. The van der Waals surface area contributed by atoms with Gasteiger partial charge in [-0.15, -0.1) is 0 Å². The topological polar surface area (TPSA) is 102 Å². The molecular weight excluding hydrogens is 400 g/mol. The molecule has 1 aliphatic rings. The lowest BCUT2D eigenvalue weighted by molar-refractivity contribution is -0.129. The van der Waals surface area contributed by atoms with Crippen LogP contribution in [0.4, 0.5) is 5.69 Å². The number of carbonyl (C=O) groups is 4. The van der Waals surface area contributed by atoms with Gasteiger partial charge in [0.1, 0.15) is 0 Å². The van der Waals surface area contributed by atoms with E-state index in [1.54, 1.807) is 4.90 Å². The Bertz CT molecular complexity index is 970. The Hall–Kier alpha value is -3.68. The van der Waals surface area contributed by atoms with Crippen LogP contribution in [0.25, 0.3) is 0 Å². The third-order valence-corrected chi connectivity index (χ3v) is 5.32. The molecule has 1 fully saturated rings. The number of anilines is 1. The van der Waals surface area contributed by atoms with Crippen LogP contribution in [0.15, 0.2) is 48.5 Å². The molecule has 8 nitrogen and oxygen atoms in total. The summed E-state index contributed by atoms with van der Waals surface area (Å²) in [7, 11) is 2.44. The molecule has 1 N–H and O–H groups in total. The van der Waals surface area contributed by atoms with E-state index in [2.05, 4.69) is 5.32 Å². The molecule has 2 aromatic carbocycles. The van der Waals surface area contributed by atoms with E-state index in [1.165, 1.54) is 32.4 Å². The molecule has 2 atom stereocenters. The first-order valence-electron chi connectivity index (χ1n) is 9.81. The highest BCUT2D eigenvalue weighted by Gasteiger charge is 2.37. The quantitative estimate of drug-likeness (QED) is 0.716. The van der Waals surface area contributed by atoms with Crippen molar-refractivity contribution in [2.75, 3.05) is 26.1 Å². The molecule has 0 radical (unpaired) electrons. The third-order valence-electron chi connectivity index (χ3n) is 5.32. The summed E-state index contributed by atoms with van der Waals surface area (Å²) in [4.78, 5) is 50.9. The lowest BCUT2D eigenvalue weighted by Crippen LogP contribution is -2.30. The molecular formula is C23H24N2O6. The van der Waals surface area contributed by atoms with Crippen molar-refractivity contribution in [3.05, 3.63) is 65.2 Å². The molecule has 0 unspecified atom stereocenters. The largest absolute Gasteiger partial charge is 0.465 e. The van der Waals surface area contributed by atoms with Crippen molar-refractivity contribution in [2.24, 2.45) is 5.92 Å². The van der Waals surface area contributed by atoms with Gasteiger partial charge in [-0.05, 0) is 30.7 Å².